The van der Waals surface area contributed by atoms with Crippen molar-refractivity contribution in [2.45, 2.75) is 43.8 Å². The predicted molar refractivity (Wildman–Crippen MR) is 146 cm³/mol. The van der Waals surface area contributed by atoms with E-state index in [4.69, 9.17) is 11.6 Å². The SMILES string of the molecule is C[C@H](/C=C/C(=O)N1CC(F)(F)C1)NC(=O)[C@@]1(F)CCCN(C(=O)c2ccc(Br)cc2-c2ccccc2Cl)CC1. The minimum Gasteiger partial charge on any atom is -0.347 e. The third-order valence-electron chi connectivity index (χ3n) is 6.89. The molecule has 3 amide bonds. The number of carbonyl (C=O) groups excluding carboxylic acids is 3. The third kappa shape index (κ3) is 6.84. The minimum absolute atomic E-state index is 0.0344. The van der Waals surface area contributed by atoms with E-state index in [1.165, 1.54) is 6.08 Å². The van der Waals surface area contributed by atoms with Crippen LogP contribution in [0.5, 0.6) is 0 Å². The van der Waals surface area contributed by atoms with Gasteiger partial charge in [0.25, 0.3) is 17.7 Å². The average Bonchev–Trinajstić information content (AvgIpc) is 3.08. The molecule has 1 N–H and O–H groups in total. The summed E-state index contributed by atoms with van der Waals surface area (Å²) < 4.78 is 42.5. The molecule has 0 unspecified atom stereocenters. The molecule has 0 aromatic heterocycles. The number of rotatable bonds is 6. The maximum atomic E-state index is 15.8. The zero-order chi connectivity index (χ0) is 28.4. The number of nitrogens with one attached hydrogen (secondary N) is 1. The lowest BCUT2D eigenvalue weighted by Crippen LogP contribution is -2.58. The zero-order valence-corrected chi connectivity index (χ0v) is 23.6. The molecular weight excluding hydrogens is 599 g/mol. The Hall–Kier alpha value is -2.85. The average molecular weight is 627 g/mol. The van der Waals surface area contributed by atoms with E-state index in [-0.39, 0.29) is 38.3 Å². The van der Waals surface area contributed by atoms with E-state index >= 15 is 4.39 Å². The number of nitrogens with zero attached hydrogens (tertiary/aromatic N) is 2. The minimum atomic E-state index is -2.87. The fraction of sp³-hybridized carbons (Fsp3) is 0.393. The number of halogens is 5. The van der Waals surface area contributed by atoms with Crippen LogP contribution in [0.1, 0.15) is 36.5 Å². The van der Waals surface area contributed by atoms with Crippen LogP contribution in [0.4, 0.5) is 13.2 Å². The number of benzene rings is 2. The van der Waals surface area contributed by atoms with Crippen LogP contribution in [0.2, 0.25) is 5.02 Å². The maximum Gasteiger partial charge on any atom is 0.282 e. The predicted octanol–water partition coefficient (Wildman–Crippen LogP) is 5.64. The fourth-order valence-corrected chi connectivity index (χ4v) is 5.29. The van der Waals surface area contributed by atoms with Gasteiger partial charge in [0.05, 0.1) is 13.1 Å². The molecule has 0 saturated carbocycles. The molecule has 6 nitrogen and oxygen atoms in total. The number of likely N-dealkylation sites (tertiary alicyclic amines) is 2. The van der Waals surface area contributed by atoms with Gasteiger partial charge in [-0.05, 0) is 49.6 Å². The highest BCUT2D eigenvalue weighted by atomic mass is 79.9. The molecule has 2 aromatic rings. The van der Waals surface area contributed by atoms with Gasteiger partial charge in [-0.15, -0.1) is 0 Å². The topological polar surface area (TPSA) is 69.7 Å². The first kappa shape index (κ1) is 29.1. The first-order valence-corrected chi connectivity index (χ1v) is 13.7. The van der Waals surface area contributed by atoms with Gasteiger partial charge in [0, 0.05) is 52.3 Å². The van der Waals surface area contributed by atoms with Crippen LogP contribution in [0.15, 0.2) is 59.1 Å². The van der Waals surface area contributed by atoms with E-state index in [0.717, 1.165) is 15.4 Å². The van der Waals surface area contributed by atoms with Gasteiger partial charge < -0.3 is 15.1 Å². The molecule has 11 heteroatoms. The first-order chi connectivity index (χ1) is 18.4. The summed E-state index contributed by atoms with van der Waals surface area (Å²) in [5.41, 5.74) is -0.441. The van der Waals surface area contributed by atoms with E-state index in [0.29, 0.717) is 21.7 Å². The van der Waals surface area contributed by atoms with E-state index in [9.17, 15) is 23.2 Å². The van der Waals surface area contributed by atoms with Gasteiger partial charge in [0.1, 0.15) is 0 Å². The van der Waals surface area contributed by atoms with Crippen molar-refractivity contribution in [3.8, 4) is 11.1 Å². The molecule has 0 aliphatic carbocycles. The quantitative estimate of drug-likeness (QED) is 0.422. The van der Waals surface area contributed by atoms with Crippen molar-refractivity contribution in [1.82, 2.24) is 15.1 Å². The normalized spacial score (nSPS) is 21.7. The summed E-state index contributed by atoms with van der Waals surface area (Å²) in [7, 11) is 0. The van der Waals surface area contributed by atoms with Crippen LogP contribution in [-0.2, 0) is 9.59 Å². The monoisotopic (exact) mass is 625 g/mol. The maximum absolute atomic E-state index is 15.8. The number of carbonyl (C=O) groups is 3. The smallest absolute Gasteiger partial charge is 0.282 e. The van der Waals surface area contributed by atoms with Crippen molar-refractivity contribution in [3.05, 3.63) is 69.7 Å². The van der Waals surface area contributed by atoms with Crippen molar-refractivity contribution in [2.24, 2.45) is 0 Å². The molecule has 2 aliphatic rings. The molecule has 2 aromatic carbocycles. The second-order valence-corrected chi connectivity index (χ2v) is 11.3. The molecule has 2 heterocycles. The lowest BCUT2D eigenvalue weighted by molar-refractivity contribution is -0.160. The highest BCUT2D eigenvalue weighted by molar-refractivity contribution is 9.10. The highest BCUT2D eigenvalue weighted by Crippen LogP contribution is 2.34. The van der Waals surface area contributed by atoms with Crippen molar-refractivity contribution in [3.63, 3.8) is 0 Å². The van der Waals surface area contributed by atoms with Gasteiger partial charge in [-0.1, -0.05) is 51.8 Å². The van der Waals surface area contributed by atoms with Crippen molar-refractivity contribution in [2.75, 3.05) is 26.2 Å². The van der Waals surface area contributed by atoms with E-state index in [1.54, 1.807) is 36.1 Å². The molecule has 208 valence electrons. The summed E-state index contributed by atoms with van der Waals surface area (Å²) in [5.74, 6) is -4.58. The summed E-state index contributed by atoms with van der Waals surface area (Å²) in [6.45, 7) is 0.596. The molecule has 2 aliphatic heterocycles. The Labute approximate surface area is 238 Å². The van der Waals surface area contributed by atoms with E-state index < -0.39 is 42.5 Å². The van der Waals surface area contributed by atoms with Gasteiger partial charge in [0.15, 0.2) is 5.67 Å². The second-order valence-electron chi connectivity index (χ2n) is 9.95. The first-order valence-electron chi connectivity index (χ1n) is 12.6. The fourth-order valence-electron chi connectivity index (χ4n) is 4.69. The largest absolute Gasteiger partial charge is 0.347 e. The Morgan fingerprint density at radius 1 is 1.03 bits per heavy atom. The number of amides is 3. The Balaban J connectivity index is 1.40. The van der Waals surface area contributed by atoms with Crippen LogP contribution in [0.25, 0.3) is 11.1 Å². The van der Waals surface area contributed by atoms with Crippen molar-refractivity contribution in [1.29, 1.82) is 0 Å². The van der Waals surface area contributed by atoms with Gasteiger partial charge in [0.2, 0.25) is 5.91 Å². The van der Waals surface area contributed by atoms with Gasteiger partial charge in [-0.25, -0.2) is 13.2 Å². The molecule has 0 radical (unpaired) electrons. The molecule has 2 fully saturated rings. The Bertz CT molecular complexity index is 1300. The summed E-state index contributed by atoms with van der Waals surface area (Å²) in [5, 5.41) is 3.03. The van der Waals surface area contributed by atoms with Crippen molar-refractivity contribution >= 4 is 45.3 Å². The molecule has 39 heavy (non-hydrogen) atoms. The zero-order valence-electron chi connectivity index (χ0n) is 21.2. The van der Waals surface area contributed by atoms with Gasteiger partial charge in [-0.3, -0.25) is 14.4 Å². The third-order valence-corrected chi connectivity index (χ3v) is 7.71. The summed E-state index contributed by atoms with van der Waals surface area (Å²) in [4.78, 5) is 40.9. The van der Waals surface area contributed by atoms with Crippen LogP contribution in [0, 0.1) is 0 Å². The Morgan fingerprint density at radius 2 is 1.74 bits per heavy atom. The lowest BCUT2D eigenvalue weighted by atomic mass is 9.95. The summed E-state index contributed by atoms with van der Waals surface area (Å²) in [6.07, 6.45) is 2.46. The molecule has 4 rings (SSSR count). The van der Waals surface area contributed by atoms with E-state index in [1.807, 2.05) is 18.2 Å². The van der Waals surface area contributed by atoms with Gasteiger partial charge in [-0.2, -0.15) is 0 Å². The Kier molecular flexibility index (Phi) is 8.75. The second kappa shape index (κ2) is 11.7. The van der Waals surface area contributed by atoms with Gasteiger partial charge >= 0.3 is 0 Å². The van der Waals surface area contributed by atoms with Crippen LogP contribution in [-0.4, -0.2) is 71.3 Å². The number of hydrogen-bond donors (Lipinski definition) is 1. The highest BCUT2D eigenvalue weighted by Gasteiger charge is 2.45. The molecular formula is C28H28BrClF3N3O3. The molecule has 0 spiro atoms. The Morgan fingerprint density at radius 3 is 2.44 bits per heavy atom. The molecule has 0 bridgehead atoms. The number of alkyl halides is 3. The number of hydrogen-bond acceptors (Lipinski definition) is 3. The summed E-state index contributed by atoms with van der Waals surface area (Å²) in [6, 6.07) is 11.8. The van der Waals surface area contributed by atoms with Crippen LogP contribution < -0.4 is 5.32 Å². The molecule has 2 atom stereocenters. The summed E-state index contributed by atoms with van der Waals surface area (Å²) >= 11 is 9.85. The standard InChI is InChI=1S/C28H28BrClF3N3O3/c1-18(7-10-24(37)36-16-28(32,33)17-36)34-26(39)27(31)11-4-13-35(14-12-27)25(38)21-9-8-19(29)15-22(21)20-5-2-3-6-23(20)30/h2-3,5-10,15,18H,4,11-14,16-17H2,1H3,(H,34,39)/b10-7+/t18-,27-/m1/s1. The van der Waals surface area contributed by atoms with Crippen molar-refractivity contribution < 1.29 is 27.6 Å². The van der Waals surface area contributed by atoms with Crippen LogP contribution >= 0.6 is 27.5 Å². The molecule has 2 saturated heterocycles. The lowest BCUT2D eigenvalue weighted by Gasteiger charge is -2.38. The van der Waals surface area contributed by atoms with E-state index in [2.05, 4.69) is 21.2 Å². The van der Waals surface area contributed by atoms with Crippen LogP contribution in [0.3, 0.4) is 0 Å².